The summed E-state index contributed by atoms with van der Waals surface area (Å²) >= 11 is 0. The Balaban J connectivity index is 0.00000242. The van der Waals surface area contributed by atoms with Crippen molar-refractivity contribution in [1.82, 2.24) is 5.32 Å². The van der Waals surface area contributed by atoms with Crippen molar-refractivity contribution in [2.45, 2.75) is 32.4 Å². The van der Waals surface area contributed by atoms with Gasteiger partial charge in [-0.2, -0.15) is 0 Å². The molecule has 0 heterocycles. The summed E-state index contributed by atoms with van der Waals surface area (Å²) in [6, 6.07) is 17.5. The van der Waals surface area contributed by atoms with Crippen LogP contribution in [0.1, 0.15) is 24.5 Å². The number of benzene rings is 2. The van der Waals surface area contributed by atoms with Gasteiger partial charge in [-0.15, -0.1) is 12.4 Å². The zero-order valence-electron chi connectivity index (χ0n) is 12.6. The van der Waals surface area contributed by atoms with Crippen molar-refractivity contribution in [3.05, 3.63) is 75.8 Å². The first-order chi connectivity index (χ1) is 10.1. The third-order valence-corrected chi connectivity index (χ3v) is 3.48. The highest BCUT2D eigenvalue weighted by Gasteiger charge is 2.07. The van der Waals surface area contributed by atoms with E-state index >= 15 is 0 Å². The summed E-state index contributed by atoms with van der Waals surface area (Å²) in [5.41, 5.74) is 2.42. The van der Waals surface area contributed by atoms with Gasteiger partial charge in [0.15, 0.2) is 0 Å². The zero-order chi connectivity index (χ0) is 15.1. The molecule has 2 aromatic carbocycles. The van der Waals surface area contributed by atoms with Gasteiger partial charge in [0.25, 0.3) is 5.69 Å². The lowest BCUT2D eigenvalue weighted by atomic mass is 10.1. The van der Waals surface area contributed by atoms with Crippen molar-refractivity contribution >= 4 is 18.1 Å². The summed E-state index contributed by atoms with van der Waals surface area (Å²) < 4.78 is 0. The first-order valence-corrected chi connectivity index (χ1v) is 7.16. The normalized spacial score (nSPS) is 11.5. The number of nitrogens with zero attached hydrogens (tertiary/aromatic N) is 1. The fraction of sp³-hybridized carbons (Fsp3) is 0.294. The Hall–Kier alpha value is -1.91. The van der Waals surface area contributed by atoms with Gasteiger partial charge in [0, 0.05) is 24.7 Å². The number of rotatable bonds is 7. The number of nitro groups is 1. The monoisotopic (exact) mass is 320 g/mol. The fourth-order valence-corrected chi connectivity index (χ4v) is 2.20. The van der Waals surface area contributed by atoms with Crippen LogP contribution in [0.15, 0.2) is 54.6 Å². The van der Waals surface area contributed by atoms with E-state index in [0.29, 0.717) is 12.6 Å². The van der Waals surface area contributed by atoms with Crippen molar-refractivity contribution in [2.24, 2.45) is 0 Å². The van der Waals surface area contributed by atoms with Gasteiger partial charge < -0.3 is 5.32 Å². The van der Waals surface area contributed by atoms with Crippen LogP contribution in [0.5, 0.6) is 0 Å². The Morgan fingerprint density at radius 3 is 2.45 bits per heavy atom. The van der Waals surface area contributed by atoms with Crippen LogP contribution in [-0.2, 0) is 13.0 Å². The van der Waals surface area contributed by atoms with Crippen molar-refractivity contribution in [2.75, 3.05) is 0 Å². The lowest BCUT2D eigenvalue weighted by molar-refractivity contribution is -0.384. The molecule has 0 bridgehead atoms. The van der Waals surface area contributed by atoms with E-state index in [1.165, 1.54) is 11.6 Å². The molecule has 0 aliphatic heterocycles. The molecule has 1 atom stereocenters. The maximum absolute atomic E-state index is 10.7. The van der Waals surface area contributed by atoms with Gasteiger partial charge in [0.1, 0.15) is 0 Å². The van der Waals surface area contributed by atoms with Crippen LogP contribution < -0.4 is 5.32 Å². The summed E-state index contributed by atoms with van der Waals surface area (Å²) in [6.45, 7) is 2.79. The standard InChI is InChI=1S/C17H20N2O2.ClH/c1-14(10-11-15-6-3-2-4-7-15)18-13-16-8-5-9-17(12-16)19(20)21;/h2-9,12,14,18H,10-11,13H2,1H3;1H. The summed E-state index contributed by atoms with van der Waals surface area (Å²) in [5, 5.41) is 14.1. The molecule has 0 saturated carbocycles. The van der Waals surface area contributed by atoms with Crippen LogP contribution in [0.4, 0.5) is 5.69 Å². The SMILES string of the molecule is CC(CCc1ccccc1)NCc1cccc([N+](=O)[O-])c1.Cl. The van der Waals surface area contributed by atoms with E-state index in [2.05, 4.69) is 36.5 Å². The lowest BCUT2D eigenvalue weighted by Gasteiger charge is -2.13. The van der Waals surface area contributed by atoms with Gasteiger partial charge in [-0.3, -0.25) is 10.1 Å². The number of aryl methyl sites for hydroxylation is 1. The molecule has 0 aromatic heterocycles. The highest BCUT2D eigenvalue weighted by molar-refractivity contribution is 5.85. The van der Waals surface area contributed by atoms with Gasteiger partial charge in [0.05, 0.1) is 4.92 Å². The predicted molar refractivity (Wildman–Crippen MR) is 91.4 cm³/mol. The van der Waals surface area contributed by atoms with Crippen LogP contribution >= 0.6 is 12.4 Å². The van der Waals surface area contributed by atoms with Crippen LogP contribution in [0.25, 0.3) is 0 Å². The number of non-ortho nitro benzene ring substituents is 1. The molecule has 22 heavy (non-hydrogen) atoms. The van der Waals surface area contributed by atoms with Crippen molar-refractivity contribution < 1.29 is 4.92 Å². The quantitative estimate of drug-likeness (QED) is 0.616. The number of nitro benzene ring substituents is 1. The van der Waals surface area contributed by atoms with Crippen LogP contribution in [0.3, 0.4) is 0 Å². The second kappa shape index (κ2) is 9.18. The average molecular weight is 321 g/mol. The third-order valence-electron chi connectivity index (χ3n) is 3.48. The zero-order valence-corrected chi connectivity index (χ0v) is 13.4. The number of hydrogen-bond acceptors (Lipinski definition) is 3. The van der Waals surface area contributed by atoms with Gasteiger partial charge in [-0.05, 0) is 30.9 Å². The molecule has 0 aliphatic carbocycles. The second-order valence-corrected chi connectivity index (χ2v) is 5.23. The van der Waals surface area contributed by atoms with Crippen LogP contribution in [0, 0.1) is 10.1 Å². The molecule has 0 radical (unpaired) electrons. The molecular formula is C17H21ClN2O2. The lowest BCUT2D eigenvalue weighted by Crippen LogP contribution is -2.25. The van der Waals surface area contributed by atoms with E-state index in [9.17, 15) is 10.1 Å². The molecule has 2 aromatic rings. The minimum Gasteiger partial charge on any atom is -0.310 e. The van der Waals surface area contributed by atoms with E-state index in [1.54, 1.807) is 12.1 Å². The van der Waals surface area contributed by atoms with Crippen molar-refractivity contribution in [3.63, 3.8) is 0 Å². The van der Waals surface area contributed by atoms with E-state index in [0.717, 1.165) is 18.4 Å². The van der Waals surface area contributed by atoms with E-state index in [-0.39, 0.29) is 23.0 Å². The molecule has 1 unspecified atom stereocenters. The molecular weight excluding hydrogens is 300 g/mol. The van der Waals surface area contributed by atoms with Crippen LogP contribution in [0.2, 0.25) is 0 Å². The minimum absolute atomic E-state index is 0. The highest BCUT2D eigenvalue weighted by atomic mass is 35.5. The summed E-state index contributed by atoms with van der Waals surface area (Å²) in [6.07, 6.45) is 2.07. The molecule has 0 fully saturated rings. The Kier molecular flexibility index (Phi) is 7.57. The molecule has 118 valence electrons. The molecule has 5 heteroatoms. The second-order valence-electron chi connectivity index (χ2n) is 5.23. The number of halogens is 1. The summed E-state index contributed by atoms with van der Waals surface area (Å²) in [4.78, 5) is 10.4. The Labute approximate surface area is 137 Å². The van der Waals surface area contributed by atoms with Crippen LogP contribution in [-0.4, -0.2) is 11.0 Å². The molecule has 2 rings (SSSR count). The Morgan fingerprint density at radius 1 is 1.09 bits per heavy atom. The van der Waals surface area contributed by atoms with Gasteiger partial charge in [-0.25, -0.2) is 0 Å². The molecule has 0 aliphatic rings. The topological polar surface area (TPSA) is 55.2 Å². The van der Waals surface area contributed by atoms with Gasteiger partial charge in [-0.1, -0.05) is 42.5 Å². The molecule has 4 nitrogen and oxygen atoms in total. The van der Waals surface area contributed by atoms with E-state index in [1.807, 2.05) is 12.1 Å². The molecule has 0 saturated heterocycles. The largest absolute Gasteiger partial charge is 0.310 e. The van der Waals surface area contributed by atoms with E-state index < -0.39 is 0 Å². The summed E-state index contributed by atoms with van der Waals surface area (Å²) in [7, 11) is 0. The van der Waals surface area contributed by atoms with Gasteiger partial charge in [0.2, 0.25) is 0 Å². The molecule has 0 spiro atoms. The molecule has 1 N–H and O–H groups in total. The smallest absolute Gasteiger partial charge is 0.269 e. The maximum Gasteiger partial charge on any atom is 0.269 e. The highest BCUT2D eigenvalue weighted by Crippen LogP contribution is 2.13. The Bertz CT molecular complexity index is 590. The van der Waals surface area contributed by atoms with Crippen molar-refractivity contribution in [1.29, 1.82) is 0 Å². The third kappa shape index (κ3) is 5.84. The fourth-order valence-electron chi connectivity index (χ4n) is 2.20. The predicted octanol–water partition coefficient (Wildman–Crippen LogP) is 4.13. The van der Waals surface area contributed by atoms with Gasteiger partial charge >= 0.3 is 0 Å². The van der Waals surface area contributed by atoms with E-state index in [4.69, 9.17) is 0 Å². The minimum atomic E-state index is -0.359. The first kappa shape index (κ1) is 18.1. The maximum atomic E-state index is 10.7. The van der Waals surface area contributed by atoms with Crippen molar-refractivity contribution in [3.8, 4) is 0 Å². The average Bonchev–Trinajstić information content (AvgIpc) is 2.52. The number of hydrogen-bond donors (Lipinski definition) is 1. The Morgan fingerprint density at radius 2 is 1.77 bits per heavy atom. The first-order valence-electron chi connectivity index (χ1n) is 7.16. The molecule has 0 amide bonds. The number of nitrogens with one attached hydrogen (secondary N) is 1. The summed E-state index contributed by atoms with van der Waals surface area (Å²) in [5.74, 6) is 0.